The van der Waals surface area contributed by atoms with Gasteiger partial charge in [-0.05, 0) is 67.1 Å². The number of aliphatic carboxylic acids is 1. The Hall–Kier alpha value is -4.13. The molecule has 3 rings (SSSR count). The number of benzene rings is 2. The molecule has 0 bridgehead atoms. The van der Waals surface area contributed by atoms with Crippen LogP contribution in [0.4, 0.5) is 0 Å². The molecule has 2 aromatic carbocycles. The van der Waals surface area contributed by atoms with E-state index >= 15 is 0 Å². The average Bonchev–Trinajstić information content (AvgIpc) is 2.91. The molecule has 3 atom stereocenters. The first-order chi connectivity index (χ1) is 18.8. The lowest BCUT2D eigenvalue weighted by Gasteiger charge is -2.40. The number of hydrogen-bond acceptors (Lipinski definition) is 7. The van der Waals surface area contributed by atoms with E-state index in [1.165, 1.54) is 18.9 Å². The van der Waals surface area contributed by atoms with Gasteiger partial charge < -0.3 is 20.1 Å². The Morgan fingerprint density at radius 2 is 1.82 bits per heavy atom. The summed E-state index contributed by atoms with van der Waals surface area (Å²) in [4.78, 5) is 41.5. The maximum Gasteiger partial charge on any atom is 0.308 e. The van der Waals surface area contributed by atoms with Gasteiger partial charge in [0.2, 0.25) is 21.8 Å². The monoisotopic (exact) mass is 572 g/mol. The Morgan fingerprint density at radius 3 is 2.40 bits per heavy atom. The van der Waals surface area contributed by atoms with Crippen molar-refractivity contribution < 1.29 is 32.6 Å². The summed E-state index contributed by atoms with van der Waals surface area (Å²) in [6, 6.07) is 6.01. The zero-order valence-corrected chi connectivity index (χ0v) is 23.7. The smallest absolute Gasteiger partial charge is 0.308 e. The van der Waals surface area contributed by atoms with Crippen LogP contribution in [-0.2, 0) is 37.5 Å². The molecule has 2 aromatic rings. The zero-order chi connectivity index (χ0) is 29.8. The van der Waals surface area contributed by atoms with Gasteiger partial charge in [-0.3, -0.25) is 14.4 Å². The molecule has 1 aliphatic rings. The molecule has 1 unspecified atom stereocenters. The van der Waals surface area contributed by atoms with Gasteiger partial charge in [0.25, 0.3) is 0 Å². The number of azide groups is 1. The van der Waals surface area contributed by atoms with Crippen molar-refractivity contribution in [3.8, 4) is 5.75 Å². The molecule has 0 aliphatic carbocycles. The lowest BCUT2D eigenvalue weighted by Crippen LogP contribution is -2.66. The second-order valence-electron chi connectivity index (χ2n) is 9.63. The van der Waals surface area contributed by atoms with Crippen LogP contribution in [0.3, 0.4) is 0 Å². The molecule has 214 valence electrons. The fraction of sp³-hybridized carbons (Fsp3) is 0.423. The highest BCUT2D eigenvalue weighted by molar-refractivity contribution is 7.89. The molecule has 1 heterocycles. The third kappa shape index (κ3) is 6.36. The Morgan fingerprint density at radius 1 is 1.20 bits per heavy atom. The summed E-state index contributed by atoms with van der Waals surface area (Å²) < 4.78 is 34.2. The first kappa shape index (κ1) is 30.4. The molecule has 0 spiro atoms. The van der Waals surface area contributed by atoms with Crippen molar-refractivity contribution in [2.75, 3.05) is 13.7 Å². The average molecular weight is 573 g/mol. The standard InChI is InChI=1S/C26H32N6O7S/c1-14-10-21(39-5)15(2)16(3)23(14)40(37,38)29-11-18-6-8-19(9-7-18)13-32-22(17(4)26(35)36)24(33)30-20(25(32)34)12-28-31-27/h6-10,17,20,22,29H,11-13H2,1-5H3,(H,30,33)(H,35,36)/t17?,20-,22+/m0/s1. The van der Waals surface area contributed by atoms with E-state index in [1.54, 1.807) is 51.1 Å². The predicted molar refractivity (Wildman–Crippen MR) is 145 cm³/mol. The summed E-state index contributed by atoms with van der Waals surface area (Å²) in [5.74, 6) is -3.04. The predicted octanol–water partition coefficient (Wildman–Crippen LogP) is 2.33. The van der Waals surface area contributed by atoms with E-state index < -0.39 is 45.8 Å². The lowest BCUT2D eigenvalue weighted by molar-refractivity contribution is -0.157. The quantitative estimate of drug-likeness (QED) is 0.209. The Labute approximate surface area is 232 Å². The van der Waals surface area contributed by atoms with E-state index in [9.17, 15) is 27.9 Å². The number of rotatable bonds is 11. The highest BCUT2D eigenvalue weighted by Crippen LogP contribution is 2.30. The first-order valence-electron chi connectivity index (χ1n) is 12.4. The van der Waals surface area contributed by atoms with E-state index in [0.29, 0.717) is 28.0 Å². The number of carbonyl (C=O) groups excluding carboxylic acids is 2. The van der Waals surface area contributed by atoms with Gasteiger partial charge in [0.1, 0.15) is 17.8 Å². The largest absolute Gasteiger partial charge is 0.496 e. The van der Waals surface area contributed by atoms with E-state index in [0.717, 1.165) is 5.56 Å². The summed E-state index contributed by atoms with van der Waals surface area (Å²) in [7, 11) is -2.32. The second-order valence-corrected chi connectivity index (χ2v) is 11.3. The first-order valence-corrected chi connectivity index (χ1v) is 13.9. The number of ether oxygens (including phenoxy) is 1. The molecule has 1 fully saturated rings. The topological polar surface area (TPSA) is 191 Å². The number of carbonyl (C=O) groups is 3. The van der Waals surface area contributed by atoms with E-state index in [1.807, 2.05) is 0 Å². The number of hydrogen-bond donors (Lipinski definition) is 3. The molecule has 2 amide bonds. The summed E-state index contributed by atoms with van der Waals surface area (Å²) in [6.07, 6.45) is 0. The Balaban J connectivity index is 1.79. The molecular formula is C26H32N6O7S. The third-order valence-corrected chi connectivity index (χ3v) is 8.69. The van der Waals surface area contributed by atoms with Gasteiger partial charge in [-0.15, -0.1) is 0 Å². The van der Waals surface area contributed by atoms with Gasteiger partial charge in [0.05, 0.1) is 24.5 Å². The number of methoxy groups -OCH3 is 1. The molecule has 0 saturated carbocycles. The van der Waals surface area contributed by atoms with Crippen molar-refractivity contribution in [3.05, 3.63) is 68.6 Å². The number of nitrogens with zero attached hydrogens (tertiary/aromatic N) is 4. The van der Waals surface area contributed by atoms with Gasteiger partial charge in [0.15, 0.2) is 0 Å². The van der Waals surface area contributed by atoms with E-state index in [2.05, 4.69) is 20.1 Å². The van der Waals surface area contributed by atoms with Gasteiger partial charge in [-0.25, -0.2) is 13.1 Å². The van der Waals surface area contributed by atoms with Gasteiger partial charge in [-0.2, -0.15) is 0 Å². The molecule has 1 aliphatic heterocycles. The van der Waals surface area contributed by atoms with Crippen LogP contribution >= 0.6 is 0 Å². The van der Waals surface area contributed by atoms with Crippen molar-refractivity contribution in [3.63, 3.8) is 0 Å². The van der Waals surface area contributed by atoms with Crippen LogP contribution in [0.15, 0.2) is 40.3 Å². The maximum absolute atomic E-state index is 13.1. The van der Waals surface area contributed by atoms with Gasteiger partial charge in [-0.1, -0.05) is 29.4 Å². The number of amides is 2. The normalized spacial score (nSPS) is 18.1. The molecule has 1 saturated heterocycles. The number of aryl methyl sites for hydroxylation is 1. The van der Waals surface area contributed by atoms with Crippen LogP contribution in [0.2, 0.25) is 0 Å². The molecule has 40 heavy (non-hydrogen) atoms. The minimum absolute atomic E-state index is 0.00450. The van der Waals surface area contributed by atoms with Gasteiger partial charge >= 0.3 is 5.97 Å². The van der Waals surface area contributed by atoms with Crippen LogP contribution in [0, 0.1) is 26.7 Å². The summed E-state index contributed by atoms with van der Waals surface area (Å²) in [6.45, 7) is 6.19. The maximum atomic E-state index is 13.1. The zero-order valence-electron chi connectivity index (χ0n) is 22.8. The van der Waals surface area contributed by atoms with E-state index in [-0.39, 0.29) is 24.5 Å². The molecule has 0 radical (unpaired) electrons. The van der Waals surface area contributed by atoms with E-state index in [4.69, 9.17) is 10.3 Å². The van der Waals surface area contributed by atoms with Crippen molar-refractivity contribution in [1.82, 2.24) is 14.9 Å². The van der Waals surface area contributed by atoms with Crippen molar-refractivity contribution >= 4 is 27.8 Å². The minimum atomic E-state index is -3.85. The SMILES string of the molecule is COc1cc(C)c(S(=O)(=O)NCc2ccc(CN3C(=O)[C@H](CN=[N+]=[N-])NC(=O)[C@H]3C(C)C(=O)O)cc2)c(C)c1C. The summed E-state index contributed by atoms with van der Waals surface area (Å²) >= 11 is 0. The summed E-state index contributed by atoms with van der Waals surface area (Å²) in [5.41, 5.74) is 11.7. The molecular weight excluding hydrogens is 540 g/mol. The van der Waals surface area contributed by atoms with Crippen LogP contribution in [-0.4, -0.2) is 61.9 Å². The van der Waals surface area contributed by atoms with Crippen LogP contribution in [0.25, 0.3) is 10.4 Å². The van der Waals surface area contributed by atoms with Crippen molar-refractivity contribution in [2.24, 2.45) is 11.0 Å². The third-order valence-electron chi connectivity index (χ3n) is 7.00. The number of sulfonamides is 1. The number of carboxylic acid groups (broad SMARTS) is 1. The fourth-order valence-electron chi connectivity index (χ4n) is 4.70. The number of piperazine rings is 1. The molecule has 13 nitrogen and oxygen atoms in total. The highest BCUT2D eigenvalue weighted by atomic mass is 32.2. The van der Waals surface area contributed by atoms with Crippen LogP contribution in [0.5, 0.6) is 5.75 Å². The summed E-state index contributed by atoms with van der Waals surface area (Å²) in [5, 5.41) is 15.3. The van der Waals surface area contributed by atoms with Crippen LogP contribution < -0.4 is 14.8 Å². The Bertz CT molecular complexity index is 1470. The number of nitrogens with one attached hydrogen (secondary N) is 2. The second kappa shape index (κ2) is 12.4. The molecule has 0 aromatic heterocycles. The van der Waals surface area contributed by atoms with Crippen LogP contribution in [0.1, 0.15) is 34.7 Å². The fourth-order valence-corrected chi connectivity index (χ4v) is 6.24. The number of carboxylic acids is 1. The minimum Gasteiger partial charge on any atom is -0.496 e. The van der Waals surface area contributed by atoms with Gasteiger partial charge in [0, 0.05) is 18.0 Å². The van der Waals surface area contributed by atoms with Crippen molar-refractivity contribution in [1.29, 1.82) is 0 Å². The molecule has 3 N–H and O–H groups in total. The Kier molecular flexibility index (Phi) is 9.40. The lowest BCUT2D eigenvalue weighted by atomic mass is 9.94. The highest BCUT2D eigenvalue weighted by Gasteiger charge is 2.45. The molecule has 14 heteroatoms. The van der Waals surface area contributed by atoms with Crippen molar-refractivity contribution in [2.45, 2.75) is 57.8 Å².